The highest BCUT2D eigenvalue weighted by molar-refractivity contribution is 7.89. The van der Waals surface area contributed by atoms with Crippen LogP contribution in [0.1, 0.15) is 18.4 Å². The van der Waals surface area contributed by atoms with Crippen molar-refractivity contribution in [2.45, 2.75) is 19.3 Å². The summed E-state index contributed by atoms with van der Waals surface area (Å²) in [6.45, 7) is 0.238. The molecule has 0 unspecified atom stereocenters. The molecule has 118 valence electrons. The number of hydrogen-bond acceptors (Lipinski definition) is 4. The summed E-state index contributed by atoms with van der Waals surface area (Å²) in [5, 5.41) is 1.04. The van der Waals surface area contributed by atoms with Gasteiger partial charge in [0.1, 0.15) is 0 Å². The van der Waals surface area contributed by atoms with Gasteiger partial charge in [-0.2, -0.15) is 0 Å². The Morgan fingerprint density at radius 1 is 1.33 bits per heavy atom. The number of methoxy groups -OCH3 is 1. The van der Waals surface area contributed by atoms with Gasteiger partial charge in [-0.3, -0.25) is 4.79 Å². The summed E-state index contributed by atoms with van der Waals surface area (Å²) in [4.78, 5) is 10.9. The minimum absolute atomic E-state index is 0.0838. The molecule has 1 aromatic carbocycles. The second kappa shape index (κ2) is 8.58. The molecule has 1 N–H and O–H groups in total. The summed E-state index contributed by atoms with van der Waals surface area (Å²) in [6.07, 6.45) is 0.774. The van der Waals surface area contributed by atoms with Gasteiger partial charge in [0, 0.05) is 23.0 Å². The van der Waals surface area contributed by atoms with Crippen molar-refractivity contribution in [3.05, 3.63) is 33.8 Å². The Labute approximate surface area is 134 Å². The molecule has 0 heterocycles. The van der Waals surface area contributed by atoms with Crippen molar-refractivity contribution in [1.29, 1.82) is 0 Å². The average Bonchev–Trinajstić information content (AvgIpc) is 2.40. The molecule has 0 spiro atoms. The number of hydrogen-bond donors (Lipinski definition) is 1. The van der Waals surface area contributed by atoms with Crippen LogP contribution < -0.4 is 4.72 Å². The van der Waals surface area contributed by atoms with E-state index in [2.05, 4.69) is 9.46 Å². The number of rotatable bonds is 8. The number of esters is 1. The Kier molecular flexibility index (Phi) is 7.45. The quantitative estimate of drug-likeness (QED) is 0.728. The molecule has 0 aliphatic carbocycles. The number of sulfonamides is 1. The van der Waals surface area contributed by atoms with Crippen molar-refractivity contribution in [1.82, 2.24) is 4.72 Å². The number of benzene rings is 1. The first-order valence-corrected chi connectivity index (χ1v) is 8.73. The number of ether oxygens (including phenoxy) is 1. The van der Waals surface area contributed by atoms with Crippen LogP contribution in [-0.4, -0.2) is 33.8 Å². The first kappa shape index (κ1) is 18.2. The van der Waals surface area contributed by atoms with E-state index in [1.54, 1.807) is 18.2 Å². The maximum atomic E-state index is 11.7. The number of carbonyl (C=O) groups is 1. The molecule has 21 heavy (non-hydrogen) atoms. The van der Waals surface area contributed by atoms with Crippen molar-refractivity contribution in [3.63, 3.8) is 0 Å². The van der Waals surface area contributed by atoms with Crippen molar-refractivity contribution < 1.29 is 17.9 Å². The summed E-state index contributed by atoms with van der Waals surface area (Å²) in [7, 11) is -2.13. The van der Waals surface area contributed by atoms with Gasteiger partial charge in [0.25, 0.3) is 0 Å². The number of halogens is 2. The molecule has 0 saturated heterocycles. The largest absolute Gasteiger partial charge is 0.469 e. The van der Waals surface area contributed by atoms with Crippen molar-refractivity contribution >= 4 is 39.2 Å². The molecular formula is C13H17Cl2NO4S. The van der Waals surface area contributed by atoms with Gasteiger partial charge in [0.15, 0.2) is 0 Å². The summed E-state index contributed by atoms with van der Waals surface area (Å²) in [6, 6.07) is 5.08. The van der Waals surface area contributed by atoms with E-state index in [1.807, 2.05) is 0 Å². The van der Waals surface area contributed by atoms with Gasteiger partial charge in [-0.15, -0.1) is 0 Å². The number of nitrogens with one attached hydrogen (secondary N) is 1. The van der Waals surface area contributed by atoms with E-state index in [4.69, 9.17) is 23.2 Å². The molecule has 0 aliphatic heterocycles. The fourth-order valence-electron chi connectivity index (χ4n) is 1.65. The van der Waals surface area contributed by atoms with Crippen LogP contribution in [-0.2, 0) is 26.0 Å². The first-order chi connectivity index (χ1) is 9.84. The zero-order valence-electron chi connectivity index (χ0n) is 11.6. The Morgan fingerprint density at radius 2 is 2.05 bits per heavy atom. The third-order valence-corrected chi connectivity index (χ3v) is 4.81. The van der Waals surface area contributed by atoms with Gasteiger partial charge in [-0.1, -0.05) is 29.3 Å². The van der Waals surface area contributed by atoms with E-state index < -0.39 is 16.0 Å². The average molecular weight is 354 g/mol. The van der Waals surface area contributed by atoms with Crippen LogP contribution in [0.25, 0.3) is 0 Å². The highest BCUT2D eigenvalue weighted by atomic mass is 35.5. The highest BCUT2D eigenvalue weighted by Crippen LogP contribution is 2.21. The van der Waals surface area contributed by atoms with Crippen LogP contribution in [0, 0.1) is 0 Å². The first-order valence-electron chi connectivity index (χ1n) is 6.32. The van der Waals surface area contributed by atoms with Gasteiger partial charge in [-0.05, 0) is 30.5 Å². The topological polar surface area (TPSA) is 72.5 Å². The van der Waals surface area contributed by atoms with Crippen molar-refractivity contribution in [2.75, 3.05) is 19.4 Å². The van der Waals surface area contributed by atoms with Crippen LogP contribution in [0.15, 0.2) is 18.2 Å². The van der Waals surface area contributed by atoms with Gasteiger partial charge < -0.3 is 4.74 Å². The maximum absolute atomic E-state index is 11.7. The summed E-state index contributed by atoms with van der Waals surface area (Å²) >= 11 is 11.8. The lowest BCUT2D eigenvalue weighted by Gasteiger charge is -2.08. The number of carbonyl (C=O) groups excluding carboxylic acids is 1. The molecule has 1 rings (SSSR count). The predicted molar refractivity (Wildman–Crippen MR) is 83.2 cm³/mol. The van der Waals surface area contributed by atoms with Gasteiger partial charge in [0.2, 0.25) is 10.0 Å². The second-order valence-corrected chi connectivity index (χ2v) is 7.15. The lowest BCUT2D eigenvalue weighted by atomic mass is 10.1. The normalized spacial score (nSPS) is 11.4. The summed E-state index contributed by atoms with van der Waals surface area (Å²) in [5.74, 6) is -0.533. The third kappa shape index (κ3) is 7.13. The molecule has 8 heteroatoms. The smallest absolute Gasteiger partial charge is 0.305 e. The lowest BCUT2D eigenvalue weighted by molar-refractivity contribution is -0.140. The lowest BCUT2D eigenvalue weighted by Crippen LogP contribution is -2.28. The van der Waals surface area contributed by atoms with Crippen LogP contribution in [0.4, 0.5) is 0 Å². The second-order valence-electron chi connectivity index (χ2n) is 4.38. The van der Waals surface area contributed by atoms with Gasteiger partial charge >= 0.3 is 5.97 Å². The zero-order chi connectivity index (χ0) is 15.9. The van der Waals surface area contributed by atoms with E-state index in [0.717, 1.165) is 5.56 Å². The molecule has 1 aromatic rings. The Hall–Kier alpha value is -0.820. The highest BCUT2D eigenvalue weighted by Gasteiger charge is 2.11. The predicted octanol–water partition coefficient (Wildman–Crippen LogP) is 2.41. The van der Waals surface area contributed by atoms with Crippen LogP contribution in [0.2, 0.25) is 10.0 Å². The fraction of sp³-hybridized carbons (Fsp3) is 0.462. The summed E-state index contributed by atoms with van der Waals surface area (Å²) < 4.78 is 30.3. The fourth-order valence-corrected chi connectivity index (χ4v) is 3.23. The van der Waals surface area contributed by atoms with Gasteiger partial charge in [0.05, 0.1) is 12.9 Å². The van der Waals surface area contributed by atoms with Crippen molar-refractivity contribution in [2.24, 2.45) is 0 Å². The van der Waals surface area contributed by atoms with Crippen LogP contribution in [0.5, 0.6) is 0 Å². The molecule has 0 amide bonds. The third-order valence-electron chi connectivity index (χ3n) is 2.75. The van der Waals surface area contributed by atoms with Gasteiger partial charge in [-0.25, -0.2) is 13.1 Å². The molecule has 0 saturated carbocycles. The van der Waals surface area contributed by atoms with Crippen molar-refractivity contribution in [3.8, 4) is 0 Å². The molecule has 0 aliphatic rings. The Balaban J connectivity index is 2.38. The zero-order valence-corrected chi connectivity index (χ0v) is 13.9. The van der Waals surface area contributed by atoms with E-state index in [-0.39, 0.29) is 25.1 Å². The SMILES string of the molecule is COC(=O)CCCS(=O)(=O)NCCc1ccc(Cl)cc1Cl. The summed E-state index contributed by atoms with van der Waals surface area (Å²) in [5.41, 5.74) is 0.818. The monoisotopic (exact) mass is 353 g/mol. The molecule has 5 nitrogen and oxygen atoms in total. The van der Waals surface area contributed by atoms with E-state index in [0.29, 0.717) is 16.5 Å². The van der Waals surface area contributed by atoms with E-state index >= 15 is 0 Å². The molecule has 0 fully saturated rings. The van der Waals surface area contributed by atoms with E-state index in [1.165, 1.54) is 7.11 Å². The molecular weight excluding hydrogens is 337 g/mol. The van der Waals surface area contributed by atoms with Crippen LogP contribution >= 0.6 is 23.2 Å². The maximum Gasteiger partial charge on any atom is 0.305 e. The minimum Gasteiger partial charge on any atom is -0.469 e. The molecule has 0 radical (unpaired) electrons. The minimum atomic E-state index is -3.40. The molecule has 0 bridgehead atoms. The molecule has 0 atom stereocenters. The van der Waals surface area contributed by atoms with E-state index in [9.17, 15) is 13.2 Å². The standard InChI is InChI=1S/C13H17Cl2NO4S/c1-20-13(17)3-2-8-21(18,19)16-7-6-10-4-5-11(14)9-12(10)15/h4-5,9,16H,2-3,6-8H2,1H3. The van der Waals surface area contributed by atoms with Crippen LogP contribution in [0.3, 0.4) is 0 Å². The molecule has 0 aromatic heterocycles. The Bertz CT molecular complexity index is 590. The Morgan fingerprint density at radius 3 is 2.67 bits per heavy atom.